The molecule has 4 nitrogen and oxygen atoms in total. The number of hydrogen-bond acceptors (Lipinski definition) is 3. The molecule has 0 saturated heterocycles. The predicted molar refractivity (Wildman–Crippen MR) is 75.8 cm³/mol. The van der Waals surface area contributed by atoms with Crippen molar-refractivity contribution in [2.24, 2.45) is 5.73 Å². The molecule has 1 aromatic heterocycles. The largest absolute Gasteiger partial charge is 0.339 e. The molecule has 0 bridgehead atoms. The molecular formula is C14H26N4. The number of imidazole rings is 1. The molecule has 0 amide bonds. The fourth-order valence-corrected chi connectivity index (χ4v) is 2.91. The van der Waals surface area contributed by atoms with E-state index in [4.69, 9.17) is 5.73 Å². The fourth-order valence-electron chi connectivity index (χ4n) is 2.91. The van der Waals surface area contributed by atoms with Crippen LogP contribution in [0.2, 0.25) is 0 Å². The van der Waals surface area contributed by atoms with E-state index in [9.17, 15) is 0 Å². The molecule has 1 aliphatic rings. The third-order valence-electron chi connectivity index (χ3n) is 3.91. The maximum absolute atomic E-state index is 5.68. The van der Waals surface area contributed by atoms with Gasteiger partial charge in [-0.05, 0) is 32.7 Å². The Morgan fingerprint density at radius 2 is 2.17 bits per heavy atom. The van der Waals surface area contributed by atoms with Gasteiger partial charge in [0, 0.05) is 31.5 Å². The Balaban J connectivity index is 2.12. The zero-order valence-electron chi connectivity index (χ0n) is 11.5. The van der Waals surface area contributed by atoms with E-state index in [1.807, 2.05) is 6.20 Å². The lowest BCUT2D eigenvalue weighted by Gasteiger charge is -2.35. The van der Waals surface area contributed by atoms with Gasteiger partial charge >= 0.3 is 0 Å². The topological polar surface area (TPSA) is 47.1 Å². The second-order valence-electron chi connectivity index (χ2n) is 5.14. The quantitative estimate of drug-likeness (QED) is 0.843. The van der Waals surface area contributed by atoms with Crippen LogP contribution in [-0.2, 0) is 6.54 Å². The molecule has 0 unspecified atom stereocenters. The first-order valence-electron chi connectivity index (χ1n) is 7.34. The van der Waals surface area contributed by atoms with Gasteiger partial charge in [-0.3, -0.25) is 0 Å². The Bertz CT molecular complexity index is 341. The lowest BCUT2D eigenvalue weighted by atomic mass is 9.94. The van der Waals surface area contributed by atoms with Crippen molar-refractivity contribution in [1.82, 2.24) is 9.55 Å². The number of hydrogen-bond donors (Lipinski definition) is 1. The van der Waals surface area contributed by atoms with E-state index in [0.717, 1.165) is 32.0 Å². The highest BCUT2D eigenvalue weighted by atomic mass is 15.3. The smallest absolute Gasteiger partial charge is 0.205 e. The number of nitrogens with zero attached hydrogens (tertiary/aromatic N) is 3. The second kappa shape index (κ2) is 6.78. The van der Waals surface area contributed by atoms with Crippen LogP contribution in [0, 0.1) is 0 Å². The summed E-state index contributed by atoms with van der Waals surface area (Å²) < 4.78 is 2.24. The summed E-state index contributed by atoms with van der Waals surface area (Å²) in [5.41, 5.74) is 5.68. The third kappa shape index (κ3) is 3.05. The summed E-state index contributed by atoms with van der Waals surface area (Å²) in [5.74, 6) is 1.14. The highest BCUT2D eigenvalue weighted by molar-refractivity contribution is 5.33. The summed E-state index contributed by atoms with van der Waals surface area (Å²) in [6, 6.07) is 0.665. The van der Waals surface area contributed by atoms with Crippen LogP contribution in [-0.4, -0.2) is 28.7 Å². The van der Waals surface area contributed by atoms with Crippen molar-refractivity contribution in [2.45, 2.75) is 58.0 Å². The molecule has 0 atom stereocenters. The van der Waals surface area contributed by atoms with Crippen molar-refractivity contribution in [3.05, 3.63) is 12.4 Å². The van der Waals surface area contributed by atoms with Gasteiger partial charge in [0.1, 0.15) is 0 Å². The van der Waals surface area contributed by atoms with Gasteiger partial charge in [0.15, 0.2) is 0 Å². The molecular weight excluding hydrogens is 224 g/mol. The maximum atomic E-state index is 5.68. The van der Waals surface area contributed by atoms with E-state index in [1.54, 1.807) is 0 Å². The first-order valence-corrected chi connectivity index (χ1v) is 7.34. The van der Waals surface area contributed by atoms with Gasteiger partial charge in [-0.15, -0.1) is 0 Å². The molecule has 2 N–H and O–H groups in total. The molecule has 4 heteroatoms. The summed E-state index contributed by atoms with van der Waals surface area (Å²) in [4.78, 5) is 7.06. The summed E-state index contributed by atoms with van der Waals surface area (Å²) in [6.45, 7) is 4.96. The Hall–Kier alpha value is -1.03. The molecule has 0 spiro atoms. The summed E-state index contributed by atoms with van der Waals surface area (Å²) in [5, 5.41) is 0. The van der Waals surface area contributed by atoms with E-state index in [-0.39, 0.29) is 0 Å². The van der Waals surface area contributed by atoms with Crippen LogP contribution in [0.4, 0.5) is 5.95 Å². The fraction of sp³-hybridized carbons (Fsp3) is 0.786. The predicted octanol–water partition coefficient (Wildman–Crippen LogP) is 2.39. The molecule has 1 aromatic rings. The van der Waals surface area contributed by atoms with Gasteiger partial charge in [-0.2, -0.15) is 0 Å². The Morgan fingerprint density at radius 1 is 1.39 bits per heavy atom. The minimum atomic E-state index is 0.665. The highest BCUT2D eigenvalue weighted by Crippen LogP contribution is 2.26. The Kier molecular flexibility index (Phi) is 5.05. The summed E-state index contributed by atoms with van der Waals surface area (Å²) in [7, 11) is 0. The van der Waals surface area contributed by atoms with E-state index < -0.39 is 0 Å². The lowest BCUT2D eigenvalue weighted by Crippen LogP contribution is -2.40. The number of aryl methyl sites for hydroxylation is 1. The first kappa shape index (κ1) is 13.4. The van der Waals surface area contributed by atoms with Crippen LogP contribution >= 0.6 is 0 Å². The molecule has 1 fully saturated rings. The van der Waals surface area contributed by atoms with Crippen molar-refractivity contribution >= 4 is 5.95 Å². The van der Waals surface area contributed by atoms with E-state index in [2.05, 4.69) is 27.6 Å². The zero-order valence-corrected chi connectivity index (χ0v) is 11.5. The van der Waals surface area contributed by atoms with Crippen molar-refractivity contribution in [2.75, 3.05) is 18.0 Å². The van der Waals surface area contributed by atoms with Crippen molar-refractivity contribution < 1.29 is 0 Å². The van der Waals surface area contributed by atoms with Crippen LogP contribution in [0.25, 0.3) is 0 Å². The second-order valence-corrected chi connectivity index (χ2v) is 5.14. The Labute approximate surface area is 110 Å². The number of anilines is 1. The molecule has 0 aliphatic heterocycles. The molecule has 18 heavy (non-hydrogen) atoms. The average Bonchev–Trinajstić information content (AvgIpc) is 2.89. The molecule has 1 aliphatic carbocycles. The van der Waals surface area contributed by atoms with Crippen LogP contribution in [0.15, 0.2) is 12.4 Å². The summed E-state index contributed by atoms with van der Waals surface area (Å²) in [6.07, 6.45) is 11.8. The number of aromatic nitrogens is 2. The molecule has 102 valence electrons. The number of rotatable bonds is 6. The first-order chi connectivity index (χ1) is 8.86. The van der Waals surface area contributed by atoms with E-state index >= 15 is 0 Å². The van der Waals surface area contributed by atoms with Gasteiger partial charge < -0.3 is 15.2 Å². The van der Waals surface area contributed by atoms with Crippen molar-refractivity contribution in [1.29, 1.82) is 0 Å². The molecule has 1 heterocycles. The SMILES string of the molecule is CCn1ccnc1N(CCCN)C1CCCCC1. The minimum Gasteiger partial charge on any atom is -0.339 e. The van der Waals surface area contributed by atoms with Crippen LogP contribution < -0.4 is 10.6 Å². The highest BCUT2D eigenvalue weighted by Gasteiger charge is 2.23. The van der Waals surface area contributed by atoms with Crippen LogP contribution in [0.3, 0.4) is 0 Å². The van der Waals surface area contributed by atoms with Crippen LogP contribution in [0.1, 0.15) is 45.4 Å². The molecule has 0 aromatic carbocycles. The molecule has 2 rings (SSSR count). The monoisotopic (exact) mass is 250 g/mol. The Morgan fingerprint density at radius 3 is 2.83 bits per heavy atom. The zero-order chi connectivity index (χ0) is 12.8. The van der Waals surface area contributed by atoms with E-state index in [1.165, 1.54) is 32.1 Å². The van der Waals surface area contributed by atoms with Gasteiger partial charge in [0.2, 0.25) is 5.95 Å². The molecule has 0 radical (unpaired) electrons. The molecule has 1 saturated carbocycles. The minimum absolute atomic E-state index is 0.665. The lowest BCUT2D eigenvalue weighted by molar-refractivity contribution is 0.406. The van der Waals surface area contributed by atoms with Gasteiger partial charge in [0.25, 0.3) is 0 Å². The van der Waals surface area contributed by atoms with Crippen LogP contribution in [0.5, 0.6) is 0 Å². The number of nitrogens with two attached hydrogens (primary N) is 1. The van der Waals surface area contributed by atoms with Gasteiger partial charge in [0.05, 0.1) is 0 Å². The average molecular weight is 250 g/mol. The third-order valence-corrected chi connectivity index (χ3v) is 3.91. The van der Waals surface area contributed by atoms with Crippen molar-refractivity contribution in [3.8, 4) is 0 Å². The summed E-state index contributed by atoms with van der Waals surface area (Å²) >= 11 is 0. The van der Waals surface area contributed by atoms with Gasteiger partial charge in [-0.25, -0.2) is 4.98 Å². The standard InChI is InChI=1S/C14H26N4/c1-2-17-12-10-16-14(17)18(11-6-9-15)13-7-4-3-5-8-13/h10,12-13H,2-9,11,15H2,1H3. The van der Waals surface area contributed by atoms with Gasteiger partial charge in [-0.1, -0.05) is 19.3 Å². The van der Waals surface area contributed by atoms with E-state index in [0.29, 0.717) is 6.04 Å². The van der Waals surface area contributed by atoms with Crippen molar-refractivity contribution in [3.63, 3.8) is 0 Å². The maximum Gasteiger partial charge on any atom is 0.205 e. The normalized spacial score (nSPS) is 17.0.